The summed E-state index contributed by atoms with van der Waals surface area (Å²) in [6.45, 7) is 1.49. The van der Waals surface area contributed by atoms with Crippen LogP contribution in [0.4, 0.5) is 0 Å². The molecule has 2 atom stereocenters. The zero-order valence-electron chi connectivity index (χ0n) is 13.0. The first-order valence-electron chi connectivity index (χ1n) is 7.20. The van der Waals surface area contributed by atoms with Crippen molar-refractivity contribution in [3.63, 3.8) is 0 Å². The molecule has 0 bridgehead atoms. The minimum absolute atomic E-state index is 0.117. The second kappa shape index (κ2) is 7.60. The SMILES string of the molecule is COC(CNC(=O)C(C)Oc1cccc2ccccc12)C(=O)O. The third-order valence-corrected chi connectivity index (χ3v) is 3.44. The van der Waals surface area contributed by atoms with E-state index in [0.29, 0.717) is 5.75 Å². The van der Waals surface area contributed by atoms with Crippen molar-refractivity contribution in [2.24, 2.45) is 0 Å². The molecule has 0 spiro atoms. The number of hydrogen-bond donors (Lipinski definition) is 2. The van der Waals surface area contributed by atoms with E-state index in [9.17, 15) is 9.59 Å². The van der Waals surface area contributed by atoms with Crippen LogP contribution in [-0.4, -0.2) is 42.8 Å². The minimum atomic E-state index is -1.13. The van der Waals surface area contributed by atoms with Crippen molar-refractivity contribution in [1.29, 1.82) is 0 Å². The van der Waals surface area contributed by atoms with Gasteiger partial charge in [-0.1, -0.05) is 36.4 Å². The van der Waals surface area contributed by atoms with Gasteiger partial charge in [-0.3, -0.25) is 4.79 Å². The number of aliphatic carboxylic acids is 1. The van der Waals surface area contributed by atoms with Gasteiger partial charge in [0.15, 0.2) is 12.2 Å². The van der Waals surface area contributed by atoms with Crippen molar-refractivity contribution >= 4 is 22.6 Å². The van der Waals surface area contributed by atoms with Crippen LogP contribution in [0, 0.1) is 0 Å². The molecule has 0 saturated heterocycles. The van der Waals surface area contributed by atoms with Crippen LogP contribution in [0.25, 0.3) is 10.8 Å². The average Bonchev–Trinajstić information content (AvgIpc) is 2.55. The number of carboxylic acid groups (broad SMARTS) is 1. The molecular formula is C17H19NO5. The zero-order valence-corrected chi connectivity index (χ0v) is 13.0. The number of rotatable bonds is 7. The summed E-state index contributed by atoms with van der Waals surface area (Å²) in [5.74, 6) is -0.927. The summed E-state index contributed by atoms with van der Waals surface area (Å²) >= 11 is 0. The van der Waals surface area contributed by atoms with E-state index >= 15 is 0 Å². The van der Waals surface area contributed by atoms with E-state index in [1.807, 2.05) is 36.4 Å². The second-order valence-electron chi connectivity index (χ2n) is 5.05. The molecule has 6 nitrogen and oxygen atoms in total. The second-order valence-corrected chi connectivity index (χ2v) is 5.05. The van der Waals surface area contributed by atoms with Crippen LogP contribution < -0.4 is 10.1 Å². The molecule has 6 heteroatoms. The van der Waals surface area contributed by atoms with Gasteiger partial charge in [0.1, 0.15) is 5.75 Å². The first-order chi connectivity index (χ1) is 11.0. The van der Waals surface area contributed by atoms with Gasteiger partial charge in [0.2, 0.25) is 0 Å². The first-order valence-corrected chi connectivity index (χ1v) is 7.20. The Morgan fingerprint density at radius 1 is 1.17 bits per heavy atom. The van der Waals surface area contributed by atoms with Gasteiger partial charge in [0, 0.05) is 12.5 Å². The number of hydrogen-bond acceptors (Lipinski definition) is 4. The van der Waals surface area contributed by atoms with Gasteiger partial charge in [0.25, 0.3) is 5.91 Å². The predicted octanol–water partition coefficient (Wildman–Crippen LogP) is 1.82. The van der Waals surface area contributed by atoms with Crippen molar-refractivity contribution in [2.45, 2.75) is 19.1 Å². The summed E-state index contributed by atoms with van der Waals surface area (Å²) in [5.41, 5.74) is 0. The van der Waals surface area contributed by atoms with E-state index in [2.05, 4.69) is 5.32 Å². The molecule has 23 heavy (non-hydrogen) atoms. The number of carboxylic acids is 1. The Balaban J connectivity index is 2.01. The molecule has 0 aliphatic carbocycles. The van der Waals surface area contributed by atoms with Gasteiger partial charge in [-0.15, -0.1) is 0 Å². The minimum Gasteiger partial charge on any atom is -0.480 e. The van der Waals surface area contributed by atoms with Crippen molar-refractivity contribution in [3.8, 4) is 5.75 Å². The topological polar surface area (TPSA) is 84.9 Å². The van der Waals surface area contributed by atoms with Crippen molar-refractivity contribution in [3.05, 3.63) is 42.5 Å². The molecule has 0 fully saturated rings. The Morgan fingerprint density at radius 2 is 1.87 bits per heavy atom. The van der Waals surface area contributed by atoms with Gasteiger partial charge < -0.3 is 19.9 Å². The molecule has 2 aromatic carbocycles. The van der Waals surface area contributed by atoms with Gasteiger partial charge in [-0.2, -0.15) is 0 Å². The van der Waals surface area contributed by atoms with Gasteiger partial charge >= 0.3 is 5.97 Å². The van der Waals surface area contributed by atoms with Crippen LogP contribution in [0.5, 0.6) is 5.75 Å². The maximum atomic E-state index is 12.0. The standard InChI is InChI=1S/C17H19NO5/c1-11(16(19)18-10-15(22-2)17(20)21)23-14-9-5-7-12-6-3-4-8-13(12)14/h3-9,11,15H,10H2,1-2H3,(H,18,19)(H,20,21). The monoisotopic (exact) mass is 317 g/mol. The third kappa shape index (κ3) is 4.20. The van der Waals surface area contributed by atoms with Crippen LogP contribution in [0.1, 0.15) is 6.92 Å². The Morgan fingerprint density at radius 3 is 2.57 bits per heavy atom. The van der Waals surface area contributed by atoms with E-state index in [1.54, 1.807) is 13.0 Å². The van der Waals surface area contributed by atoms with Crippen LogP contribution in [0.15, 0.2) is 42.5 Å². The average molecular weight is 317 g/mol. The highest BCUT2D eigenvalue weighted by molar-refractivity contribution is 5.89. The molecule has 2 unspecified atom stereocenters. The molecule has 0 saturated carbocycles. The molecule has 2 N–H and O–H groups in total. The number of carbonyl (C=O) groups excluding carboxylic acids is 1. The summed E-state index contributed by atoms with van der Waals surface area (Å²) in [4.78, 5) is 22.9. The number of ether oxygens (including phenoxy) is 2. The molecule has 0 aliphatic rings. The molecule has 0 aromatic heterocycles. The summed E-state index contributed by atoms with van der Waals surface area (Å²) < 4.78 is 10.5. The molecule has 0 aliphatic heterocycles. The molecule has 0 heterocycles. The number of fused-ring (bicyclic) bond motifs is 1. The molecule has 1 amide bonds. The number of methoxy groups -OCH3 is 1. The lowest BCUT2D eigenvalue weighted by Crippen LogP contribution is -2.43. The highest BCUT2D eigenvalue weighted by atomic mass is 16.5. The van der Waals surface area contributed by atoms with E-state index in [-0.39, 0.29) is 6.54 Å². The van der Waals surface area contributed by atoms with Crippen LogP contribution >= 0.6 is 0 Å². The van der Waals surface area contributed by atoms with Crippen LogP contribution in [0.3, 0.4) is 0 Å². The fraction of sp³-hybridized carbons (Fsp3) is 0.294. The van der Waals surface area contributed by atoms with Crippen molar-refractivity contribution in [2.75, 3.05) is 13.7 Å². The summed E-state index contributed by atoms with van der Waals surface area (Å²) in [6.07, 6.45) is -1.84. The lowest BCUT2D eigenvalue weighted by Gasteiger charge is -2.17. The number of amides is 1. The number of benzene rings is 2. The lowest BCUT2D eigenvalue weighted by atomic mass is 10.1. The van der Waals surface area contributed by atoms with E-state index in [0.717, 1.165) is 10.8 Å². The van der Waals surface area contributed by atoms with Crippen molar-refractivity contribution in [1.82, 2.24) is 5.32 Å². The van der Waals surface area contributed by atoms with E-state index in [4.69, 9.17) is 14.6 Å². The maximum Gasteiger partial charge on any atom is 0.334 e. The van der Waals surface area contributed by atoms with Gasteiger partial charge in [0.05, 0.1) is 6.54 Å². The fourth-order valence-electron chi connectivity index (χ4n) is 2.15. The number of carbonyl (C=O) groups is 2. The normalized spacial score (nSPS) is 13.3. The van der Waals surface area contributed by atoms with Gasteiger partial charge in [-0.05, 0) is 18.4 Å². The highest BCUT2D eigenvalue weighted by Gasteiger charge is 2.20. The largest absolute Gasteiger partial charge is 0.480 e. The fourth-order valence-corrected chi connectivity index (χ4v) is 2.15. The van der Waals surface area contributed by atoms with Crippen molar-refractivity contribution < 1.29 is 24.2 Å². The summed E-state index contributed by atoms with van der Waals surface area (Å²) in [7, 11) is 1.28. The molecule has 2 rings (SSSR count). The Hall–Kier alpha value is -2.60. The van der Waals surface area contributed by atoms with Crippen LogP contribution in [0.2, 0.25) is 0 Å². The summed E-state index contributed by atoms with van der Waals surface area (Å²) in [6, 6.07) is 13.3. The third-order valence-electron chi connectivity index (χ3n) is 3.44. The Labute approximate surface area is 134 Å². The van der Waals surface area contributed by atoms with Gasteiger partial charge in [-0.25, -0.2) is 4.79 Å². The predicted molar refractivity (Wildman–Crippen MR) is 85.5 cm³/mol. The first kappa shape index (κ1) is 16.8. The number of nitrogens with one attached hydrogen (secondary N) is 1. The highest BCUT2D eigenvalue weighted by Crippen LogP contribution is 2.25. The van der Waals surface area contributed by atoms with Crippen LogP contribution in [-0.2, 0) is 14.3 Å². The molecular weight excluding hydrogens is 298 g/mol. The van der Waals surface area contributed by atoms with E-state index < -0.39 is 24.1 Å². The smallest absolute Gasteiger partial charge is 0.334 e. The zero-order chi connectivity index (χ0) is 16.8. The molecule has 122 valence electrons. The molecule has 2 aromatic rings. The quantitative estimate of drug-likeness (QED) is 0.814. The Bertz CT molecular complexity index is 695. The summed E-state index contributed by atoms with van der Waals surface area (Å²) in [5, 5.41) is 13.3. The Kier molecular flexibility index (Phi) is 5.54. The molecule has 0 radical (unpaired) electrons. The lowest BCUT2D eigenvalue weighted by molar-refractivity contribution is -0.148. The van der Waals surface area contributed by atoms with E-state index in [1.165, 1.54) is 7.11 Å². The maximum absolute atomic E-state index is 12.0.